The quantitative estimate of drug-likeness (QED) is 0.542. The molecule has 9 nitrogen and oxygen atoms in total. The van der Waals surface area contributed by atoms with Gasteiger partial charge in [0.2, 0.25) is 0 Å². The third-order valence-corrected chi connectivity index (χ3v) is 4.90. The van der Waals surface area contributed by atoms with Gasteiger partial charge in [-0.15, -0.1) is 0 Å². The summed E-state index contributed by atoms with van der Waals surface area (Å²) in [6.07, 6.45) is 0.841. The lowest BCUT2D eigenvalue weighted by Gasteiger charge is -2.22. The van der Waals surface area contributed by atoms with Gasteiger partial charge in [-0.3, -0.25) is 4.90 Å². The van der Waals surface area contributed by atoms with Gasteiger partial charge in [-0.2, -0.15) is 0 Å². The van der Waals surface area contributed by atoms with Crippen LogP contribution in [0.1, 0.15) is 12.6 Å². The number of aromatic nitrogens is 3. The van der Waals surface area contributed by atoms with Crippen molar-refractivity contribution in [2.45, 2.75) is 37.0 Å². The Bertz CT molecular complexity index is 737. The van der Waals surface area contributed by atoms with E-state index in [-0.39, 0.29) is 6.04 Å². The zero-order valence-corrected chi connectivity index (χ0v) is 13.2. The molecule has 0 bridgehead atoms. The highest BCUT2D eigenvalue weighted by atomic mass is 16.6. The molecule has 1 unspecified atom stereocenters. The summed E-state index contributed by atoms with van der Waals surface area (Å²) in [4.78, 5) is 10.3. The van der Waals surface area contributed by atoms with Gasteiger partial charge >= 0.3 is 0 Å². The fourth-order valence-electron chi connectivity index (χ4n) is 3.59. The molecule has 0 saturated carbocycles. The number of aliphatic hydroxyl groups excluding tert-OH is 2. The molecule has 6 N–H and O–H groups in total. The summed E-state index contributed by atoms with van der Waals surface area (Å²) in [6.45, 7) is 2.20. The Kier molecular flexibility index (Phi) is 3.89. The minimum absolute atomic E-state index is 0.164. The van der Waals surface area contributed by atoms with Crippen LogP contribution in [0.4, 0.5) is 5.82 Å². The van der Waals surface area contributed by atoms with E-state index in [1.807, 2.05) is 0 Å². The fraction of sp³-hybridized carbons (Fsp3) is 0.600. The van der Waals surface area contributed by atoms with Gasteiger partial charge in [-0.25, -0.2) is 9.97 Å². The van der Waals surface area contributed by atoms with Crippen LogP contribution in [-0.2, 0) is 4.74 Å². The molecule has 130 valence electrons. The van der Waals surface area contributed by atoms with Gasteiger partial charge in [0.1, 0.15) is 36.1 Å². The minimum atomic E-state index is -1.04. The van der Waals surface area contributed by atoms with E-state index in [9.17, 15) is 10.2 Å². The van der Waals surface area contributed by atoms with Crippen molar-refractivity contribution in [1.29, 1.82) is 0 Å². The molecule has 9 heteroatoms. The van der Waals surface area contributed by atoms with Gasteiger partial charge in [0, 0.05) is 25.3 Å². The molecule has 2 aliphatic heterocycles. The molecule has 2 fully saturated rings. The van der Waals surface area contributed by atoms with E-state index in [4.69, 9.17) is 16.2 Å². The molecule has 2 aliphatic rings. The molecule has 0 radical (unpaired) electrons. The van der Waals surface area contributed by atoms with E-state index in [0.29, 0.717) is 23.4 Å². The lowest BCUT2D eigenvalue weighted by molar-refractivity contribution is -0.0421. The van der Waals surface area contributed by atoms with E-state index in [1.165, 1.54) is 6.33 Å². The molecule has 2 aromatic heterocycles. The van der Waals surface area contributed by atoms with Crippen molar-refractivity contribution in [3.63, 3.8) is 0 Å². The summed E-state index contributed by atoms with van der Waals surface area (Å²) in [5, 5.41) is 21.5. The number of ether oxygens (including phenoxy) is 1. The second-order valence-electron chi connectivity index (χ2n) is 6.57. The predicted octanol–water partition coefficient (Wildman–Crippen LogP) is -1.33. The summed E-state index contributed by atoms with van der Waals surface area (Å²) >= 11 is 0. The van der Waals surface area contributed by atoms with E-state index < -0.39 is 24.5 Å². The smallest absolute Gasteiger partial charge is 0.164 e. The Morgan fingerprint density at radius 1 is 1.29 bits per heavy atom. The van der Waals surface area contributed by atoms with Crippen molar-refractivity contribution in [3.05, 3.63) is 18.6 Å². The summed E-state index contributed by atoms with van der Waals surface area (Å²) in [6, 6.07) is 1.94. The highest BCUT2D eigenvalue weighted by Gasteiger charge is 2.45. The second-order valence-corrected chi connectivity index (χ2v) is 6.57. The van der Waals surface area contributed by atoms with Gasteiger partial charge in [-0.05, 0) is 19.0 Å². The SMILES string of the molecule is Nc1ncnc2c1ccn2[C@@H]1O[C@H](CN2CCC(N)C2)[C@@H](O)[C@H]1O. The first-order valence-corrected chi connectivity index (χ1v) is 8.11. The van der Waals surface area contributed by atoms with Crippen LogP contribution in [0.2, 0.25) is 0 Å². The maximum absolute atomic E-state index is 10.4. The number of nitrogen functional groups attached to an aromatic ring is 1. The molecular formula is C15H22N6O3. The number of nitrogens with two attached hydrogens (primary N) is 2. The normalized spacial score (nSPS) is 34.4. The molecule has 4 heterocycles. The number of fused-ring (bicyclic) bond motifs is 1. The predicted molar refractivity (Wildman–Crippen MR) is 86.9 cm³/mol. The molecule has 0 amide bonds. The number of anilines is 1. The van der Waals surface area contributed by atoms with Gasteiger partial charge in [0.25, 0.3) is 0 Å². The molecule has 0 aromatic carbocycles. The molecule has 2 aromatic rings. The molecule has 5 atom stereocenters. The van der Waals surface area contributed by atoms with Crippen LogP contribution in [-0.4, -0.2) is 73.6 Å². The summed E-state index contributed by atoms with van der Waals surface area (Å²) in [7, 11) is 0. The summed E-state index contributed by atoms with van der Waals surface area (Å²) in [5.74, 6) is 0.370. The number of likely N-dealkylation sites (tertiary alicyclic amines) is 1. The number of hydrogen-bond donors (Lipinski definition) is 4. The topological polar surface area (TPSA) is 136 Å². The second kappa shape index (κ2) is 5.94. The van der Waals surface area contributed by atoms with Gasteiger partial charge in [0.15, 0.2) is 6.23 Å². The van der Waals surface area contributed by atoms with Crippen LogP contribution in [0, 0.1) is 0 Å². The first-order valence-electron chi connectivity index (χ1n) is 8.11. The average Bonchev–Trinajstić information content (AvgIpc) is 3.23. The lowest BCUT2D eigenvalue weighted by Crippen LogP contribution is -2.40. The minimum Gasteiger partial charge on any atom is -0.387 e. The van der Waals surface area contributed by atoms with E-state index in [1.54, 1.807) is 16.8 Å². The first-order chi connectivity index (χ1) is 11.5. The summed E-state index contributed by atoms with van der Waals surface area (Å²) in [5.41, 5.74) is 12.3. The lowest BCUT2D eigenvalue weighted by atomic mass is 10.1. The van der Waals surface area contributed by atoms with Crippen molar-refractivity contribution in [2.75, 3.05) is 25.4 Å². The largest absolute Gasteiger partial charge is 0.387 e. The molecule has 0 spiro atoms. The maximum atomic E-state index is 10.4. The zero-order chi connectivity index (χ0) is 16.8. The monoisotopic (exact) mass is 334 g/mol. The zero-order valence-electron chi connectivity index (χ0n) is 13.2. The Morgan fingerprint density at radius 3 is 2.88 bits per heavy atom. The summed E-state index contributed by atoms with van der Waals surface area (Å²) < 4.78 is 7.65. The van der Waals surface area contributed by atoms with E-state index in [2.05, 4.69) is 14.9 Å². The van der Waals surface area contributed by atoms with Crippen molar-refractivity contribution >= 4 is 16.9 Å². The third-order valence-electron chi connectivity index (χ3n) is 4.90. The Hall–Kier alpha value is -1.78. The van der Waals surface area contributed by atoms with Crippen molar-refractivity contribution in [3.8, 4) is 0 Å². The number of nitrogens with zero attached hydrogens (tertiary/aromatic N) is 4. The van der Waals surface area contributed by atoms with E-state index in [0.717, 1.165) is 19.5 Å². The molecule has 4 rings (SSSR count). The number of hydrogen-bond acceptors (Lipinski definition) is 8. The number of aliphatic hydroxyl groups is 2. The Balaban J connectivity index is 1.56. The van der Waals surface area contributed by atoms with Gasteiger partial charge in [-0.1, -0.05) is 0 Å². The van der Waals surface area contributed by atoms with Crippen molar-refractivity contribution in [1.82, 2.24) is 19.4 Å². The van der Waals surface area contributed by atoms with Crippen LogP contribution >= 0.6 is 0 Å². The highest BCUT2D eigenvalue weighted by Crippen LogP contribution is 2.33. The molecular weight excluding hydrogens is 312 g/mol. The third kappa shape index (κ3) is 2.54. The first kappa shape index (κ1) is 15.7. The Labute approximate surface area is 138 Å². The van der Waals surface area contributed by atoms with Crippen LogP contribution in [0.15, 0.2) is 18.6 Å². The van der Waals surface area contributed by atoms with Crippen LogP contribution in [0.3, 0.4) is 0 Å². The van der Waals surface area contributed by atoms with Crippen molar-refractivity contribution in [2.24, 2.45) is 5.73 Å². The van der Waals surface area contributed by atoms with Crippen molar-refractivity contribution < 1.29 is 14.9 Å². The van der Waals surface area contributed by atoms with Crippen LogP contribution in [0.5, 0.6) is 0 Å². The van der Waals surface area contributed by atoms with Crippen LogP contribution in [0.25, 0.3) is 11.0 Å². The van der Waals surface area contributed by atoms with Crippen LogP contribution < -0.4 is 11.5 Å². The van der Waals surface area contributed by atoms with Gasteiger partial charge in [0.05, 0.1) is 5.39 Å². The molecule has 24 heavy (non-hydrogen) atoms. The highest BCUT2D eigenvalue weighted by molar-refractivity contribution is 5.86. The fourth-order valence-corrected chi connectivity index (χ4v) is 3.59. The maximum Gasteiger partial charge on any atom is 0.164 e. The Morgan fingerprint density at radius 2 is 2.12 bits per heavy atom. The average molecular weight is 334 g/mol. The number of rotatable bonds is 3. The molecule has 2 saturated heterocycles. The van der Waals surface area contributed by atoms with Gasteiger partial charge < -0.3 is 31.0 Å². The molecule has 0 aliphatic carbocycles. The standard InChI is InChI=1S/C15H22N6O3/c16-8-1-3-20(5-8)6-10-11(22)12(23)15(24-10)21-4-2-9-13(17)18-7-19-14(9)21/h2,4,7-8,10-12,15,22-23H,1,3,5-6,16H2,(H2,17,18,19)/t8?,10-,11-,12-,15-/m1/s1. The van der Waals surface area contributed by atoms with E-state index >= 15 is 0 Å².